The molecule has 120 valence electrons. The number of anilines is 2. The lowest BCUT2D eigenvalue weighted by molar-refractivity contribution is 0.746. The summed E-state index contributed by atoms with van der Waals surface area (Å²) in [5, 5.41) is 7.75. The van der Waals surface area contributed by atoms with Crippen LogP contribution in [0.4, 0.5) is 11.9 Å². The Hall–Kier alpha value is -2.18. The molecule has 0 aromatic carbocycles. The molecule has 0 aliphatic carbocycles. The molecule has 0 atom stereocenters. The van der Waals surface area contributed by atoms with Crippen LogP contribution in [0.3, 0.4) is 0 Å². The third-order valence-corrected chi connectivity index (χ3v) is 3.32. The van der Waals surface area contributed by atoms with Crippen molar-refractivity contribution in [2.75, 3.05) is 24.3 Å². The predicted octanol–water partition coefficient (Wildman–Crippen LogP) is 1.97. The molecule has 0 saturated carbocycles. The molecular formula is C15H25N7. The molecule has 0 unspecified atom stereocenters. The van der Waals surface area contributed by atoms with E-state index in [0.717, 1.165) is 17.9 Å². The van der Waals surface area contributed by atoms with Crippen LogP contribution in [0.25, 0.3) is 0 Å². The van der Waals surface area contributed by atoms with E-state index in [0.29, 0.717) is 18.4 Å². The van der Waals surface area contributed by atoms with Gasteiger partial charge in [0.25, 0.3) is 0 Å². The van der Waals surface area contributed by atoms with Crippen molar-refractivity contribution in [3.8, 4) is 0 Å². The lowest BCUT2D eigenvalue weighted by Crippen LogP contribution is -2.17. The fraction of sp³-hybridized carbons (Fsp3) is 0.600. The van der Waals surface area contributed by atoms with Crippen LogP contribution in [0.2, 0.25) is 0 Å². The molecule has 0 spiro atoms. The summed E-state index contributed by atoms with van der Waals surface area (Å²) in [6, 6.07) is 0. The maximum atomic E-state index is 4.51. The SMILES string of the molecule is CCc1nn(C)cc1CNc1nc(C(C)C)nc(N(C)C)n1. The summed E-state index contributed by atoms with van der Waals surface area (Å²) in [5.41, 5.74) is 2.27. The number of nitrogens with one attached hydrogen (secondary N) is 1. The van der Waals surface area contributed by atoms with Gasteiger partial charge in [0.2, 0.25) is 11.9 Å². The summed E-state index contributed by atoms with van der Waals surface area (Å²) in [6.07, 6.45) is 2.94. The second-order valence-corrected chi connectivity index (χ2v) is 5.85. The Morgan fingerprint density at radius 3 is 2.55 bits per heavy atom. The monoisotopic (exact) mass is 303 g/mol. The van der Waals surface area contributed by atoms with Crippen LogP contribution in [0, 0.1) is 0 Å². The van der Waals surface area contributed by atoms with Gasteiger partial charge in [-0.3, -0.25) is 4.68 Å². The normalized spacial score (nSPS) is 11.0. The van der Waals surface area contributed by atoms with Gasteiger partial charge in [0.15, 0.2) is 0 Å². The number of rotatable bonds is 6. The van der Waals surface area contributed by atoms with Crippen LogP contribution in [0.1, 0.15) is 43.8 Å². The van der Waals surface area contributed by atoms with Crippen molar-refractivity contribution >= 4 is 11.9 Å². The minimum atomic E-state index is 0.256. The first-order valence-corrected chi connectivity index (χ1v) is 7.59. The number of hydrogen-bond donors (Lipinski definition) is 1. The highest BCUT2D eigenvalue weighted by atomic mass is 15.3. The zero-order chi connectivity index (χ0) is 16.3. The molecule has 2 aromatic heterocycles. The average molecular weight is 303 g/mol. The molecule has 0 fully saturated rings. The minimum absolute atomic E-state index is 0.256. The van der Waals surface area contributed by atoms with Gasteiger partial charge in [-0.05, 0) is 6.42 Å². The Morgan fingerprint density at radius 1 is 1.23 bits per heavy atom. The van der Waals surface area contributed by atoms with Gasteiger partial charge in [-0.25, -0.2) is 0 Å². The molecule has 2 heterocycles. The Balaban J connectivity index is 2.21. The average Bonchev–Trinajstić information content (AvgIpc) is 2.84. The molecule has 7 heteroatoms. The van der Waals surface area contributed by atoms with E-state index >= 15 is 0 Å². The quantitative estimate of drug-likeness (QED) is 0.879. The highest BCUT2D eigenvalue weighted by Gasteiger charge is 2.12. The van der Waals surface area contributed by atoms with Gasteiger partial charge >= 0.3 is 0 Å². The van der Waals surface area contributed by atoms with Crippen LogP contribution in [0.5, 0.6) is 0 Å². The van der Waals surface area contributed by atoms with E-state index in [1.165, 1.54) is 5.56 Å². The molecule has 7 nitrogen and oxygen atoms in total. The first-order chi connectivity index (χ1) is 10.4. The predicted molar refractivity (Wildman–Crippen MR) is 88.2 cm³/mol. The van der Waals surface area contributed by atoms with Gasteiger partial charge in [0.1, 0.15) is 5.82 Å². The summed E-state index contributed by atoms with van der Waals surface area (Å²) >= 11 is 0. The zero-order valence-electron chi connectivity index (χ0n) is 14.3. The highest BCUT2D eigenvalue weighted by Crippen LogP contribution is 2.16. The summed E-state index contributed by atoms with van der Waals surface area (Å²) in [4.78, 5) is 15.3. The molecule has 0 amide bonds. The van der Waals surface area contributed by atoms with Crippen LogP contribution in [-0.2, 0) is 20.0 Å². The van der Waals surface area contributed by atoms with E-state index in [1.54, 1.807) is 0 Å². The van der Waals surface area contributed by atoms with Crippen molar-refractivity contribution in [3.63, 3.8) is 0 Å². The molecule has 2 aromatic rings. The van der Waals surface area contributed by atoms with Gasteiger partial charge in [0.05, 0.1) is 5.69 Å². The lowest BCUT2D eigenvalue weighted by atomic mass is 10.2. The van der Waals surface area contributed by atoms with Crippen molar-refractivity contribution < 1.29 is 0 Å². The number of hydrogen-bond acceptors (Lipinski definition) is 6. The smallest absolute Gasteiger partial charge is 0.229 e. The second kappa shape index (κ2) is 6.72. The van der Waals surface area contributed by atoms with E-state index in [-0.39, 0.29) is 5.92 Å². The largest absolute Gasteiger partial charge is 0.350 e. The van der Waals surface area contributed by atoms with Crippen molar-refractivity contribution in [1.82, 2.24) is 24.7 Å². The van der Waals surface area contributed by atoms with Gasteiger partial charge in [-0.1, -0.05) is 20.8 Å². The number of aryl methyl sites for hydroxylation is 2. The highest BCUT2D eigenvalue weighted by molar-refractivity contribution is 5.37. The Kier molecular flexibility index (Phi) is 4.95. The fourth-order valence-corrected chi connectivity index (χ4v) is 2.12. The Bertz CT molecular complexity index is 605. The maximum absolute atomic E-state index is 4.51. The molecule has 0 radical (unpaired) electrons. The van der Waals surface area contributed by atoms with Crippen molar-refractivity contribution in [3.05, 3.63) is 23.3 Å². The van der Waals surface area contributed by atoms with E-state index in [9.17, 15) is 0 Å². The van der Waals surface area contributed by atoms with E-state index < -0.39 is 0 Å². The summed E-state index contributed by atoms with van der Waals surface area (Å²) in [6.45, 7) is 6.92. The first-order valence-electron chi connectivity index (χ1n) is 7.59. The Labute approximate surface area is 131 Å². The van der Waals surface area contributed by atoms with Gasteiger partial charge in [-0.15, -0.1) is 0 Å². The third-order valence-electron chi connectivity index (χ3n) is 3.32. The number of aromatic nitrogens is 5. The van der Waals surface area contributed by atoms with Crippen molar-refractivity contribution in [1.29, 1.82) is 0 Å². The first kappa shape index (κ1) is 16.2. The summed E-state index contributed by atoms with van der Waals surface area (Å²) in [7, 11) is 5.80. The van der Waals surface area contributed by atoms with E-state index in [2.05, 4.69) is 46.1 Å². The molecular weight excluding hydrogens is 278 g/mol. The zero-order valence-corrected chi connectivity index (χ0v) is 14.3. The molecule has 1 N–H and O–H groups in total. The van der Waals surface area contributed by atoms with Crippen molar-refractivity contribution in [2.24, 2.45) is 7.05 Å². The van der Waals surface area contributed by atoms with Crippen LogP contribution >= 0.6 is 0 Å². The summed E-state index contributed by atoms with van der Waals surface area (Å²) < 4.78 is 1.84. The summed E-state index contributed by atoms with van der Waals surface area (Å²) in [5.74, 6) is 2.33. The molecule has 0 bridgehead atoms. The van der Waals surface area contributed by atoms with Crippen LogP contribution in [-0.4, -0.2) is 38.8 Å². The third kappa shape index (κ3) is 3.72. The van der Waals surface area contributed by atoms with E-state index in [1.807, 2.05) is 36.9 Å². The van der Waals surface area contributed by atoms with Gasteiger partial charge in [0, 0.05) is 45.4 Å². The van der Waals surface area contributed by atoms with Crippen molar-refractivity contribution in [2.45, 2.75) is 39.7 Å². The molecule has 22 heavy (non-hydrogen) atoms. The number of nitrogens with zero attached hydrogens (tertiary/aromatic N) is 6. The maximum Gasteiger partial charge on any atom is 0.229 e. The fourth-order valence-electron chi connectivity index (χ4n) is 2.12. The van der Waals surface area contributed by atoms with Crippen LogP contribution in [0.15, 0.2) is 6.20 Å². The van der Waals surface area contributed by atoms with Crippen LogP contribution < -0.4 is 10.2 Å². The molecule has 2 rings (SSSR count). The molecule has 0 aliphatic heterocycles. The molecule has 0 saturated heterocycles. The Morgan fingerprint density at radius 2 is 1.95 bits per heavy atom. The van der Waals surface area contributed by atoms with E-state index in [4.69, 9.17) is 0 Å². The van der Waals surface area contributed by atoms with Gasteiger partial charge in [-0.2, -0.15) is 20.1 Å². The standard InChI is InChI=1S/C15H25N7/c1-7-12-11(9-22(6)20-12)8-16-14-17-13(10(2)3)18-15(19-14)21(4)5/h9-10H,7-8H2,1-6H3,(H,16,17,18,19). The topological polar surface area (TPSA) is 71.8 Å². The van der Waals surface area contributed by atoms with Gasteiger partial charge < -0.3 is 10.2 Å². The minimum Gasteiger partial charge on any atom is -0.350 e. The second-order valence-electron chi connectivity index (χ2n) is 5.85. The lowest BCUT2D eigenvalue weighted by Gasteiger charge is -2.14. The molecule has 0 aliphatic rings.